The molecule has 1 fully saturated rings. The second kappa shape index (κ2) is 7.65. The number of likely N-dealkylation sites (N-methyl/N-ethyl adjacent to an activating group) is 1. The van der Waals surface area contributed by atoms with E-state index in [0.29, 0.717) is 18.4 Å². The molecule has 0 unspecified atom stereocenters. The fourth-order valence-electron chi connectivity index (χ4n) is 3.41. The third kappa shape index (κ3) is 3.86. The number of oxazole rings is 1. The summed E-state index contributed by atoms with van der Waals surface area (Å²) in [6.45, 7) is 1.88. The predicted molar refractivity (Wildman–Crippen MR) is 94.6 cm³/mol. The third-order valence-electron chi connectivity index (χ3n) is 5.00. The highest BCUT2D eigenvalue weighted by Gasteiger charge is 2.23. The van der Waals surface area contributed by atoms with E-state index in [1.165, 1.54) is 25.7 Å². The van der Waals surface area contributed by atoms with Gasteiger partial charge in [-0.1, -0.05) is 43.9 Å². The predicted octanol–water partition coefficient (Wildman–Crippen LogP) is 4.37. The smallest absolute Gasteiger partial charge is 0.228 e. The van der Waals surface area contributed by atoms with Crippen molar-refractivity contribution in [2.45, 2.75) is 57.9 Å². The first kappa shape index (κ1) is 16.7. The minimum Gasteiger partial charge on any atom is -0.441 e. The molecule has 1 aliphatic rings. The average Bonchev–Trinajstić information content (AvgIpc) is 2.80. The van der Waals surface area contributed by atoms with Crippen LogP contribution in [0.4, 0.5) is 0 Å². The number of hydrogen-bond acceptors (Lipinski definition) is 3. The maximum absolute atomic E-state index is 12.7. The molecule has 2 aromatic rings. The van der Waals surface area contributed by atoms with Crippen molar-refractivity contribution in [1.29, 1.82) is 0 Å². The number of amides is 1. The quantitative estimate of drug-likeness (QED) is 0.784. The summed E-state index contributed by atoms with van der Waals surface area (Å²) in [5.41, 5.74) is 1.69. The lowest BCUT2D eigenvalue weighted by atomic mass is 10.1. The number of rotatable bonds is 4. The molecule has 1 aromatic heterocycles. The number of nitrogens with zero attached hydrogens (tertiary/aromatic N) is 2. The minimum atomic E-state index is 0.137. The summed E-state index contributed by atoms with van der Waals surface area (Å²) in [6, 6.07) is 10.2. The van der Waals surface area contributed by atoms with Gasteiger partial charge in [-0.25, -0.2) is 4.98 Å². The van der Waals surface area contributed by atoms with Crippen LogP contribution in [-0.4, -0.2) is 28.9 Å². The molecular weight excluding hydrogens is 300 g/mol. The molecule has 3 rings (SSSR count). The number of carbonyl (C=O) groups excluding carboxylic acids is 1. The van der Waals surface area contributed by atoms with Crippen molar-refractivity contribution in [2.75, 3.05) is 7.05 Å². The summed E-state index contributed by atoms with van der Waals surface area (Å²) >= 11 is 0. The Hall–Kier alpha value is -2.10. The summed E-state index contributed by atoms with van der Waals surface area (Å²) in [6.07, 6.45) is 7.59. The first-order valence-corrected chi connectivity index (χ1v) is 8.92. The number of benzene rings is 1. The van der Waals surface area contributed by atoms with Gasteiger partial charge in [-0.05, 0) is 31.9 Å². The van der Waals surface area contributed by atoms with Crippen molar-refractivity contribution in [1.82, 2.24) is 9.88 Å². The zero-order valence-electron chi connectivity index (χ0n) is 14.6. The second-order valence-corrected chi connectivity index (χ2v) is 6.71. The van der Waals surface area contributed by atoms with E-state index in [2.05, 4.69) is 4.98 Å². The first-order chi connectivity index (χ1) is 11.6. The Balaban J connectivity index is 1.69. The maximum atomic E-state index is 12.7. The van der Waals surface area contributed by atoms with Gasteiger partial charge in [0.15, 0.2) is 0 Å². The standard InChI is InChI=1S/C20H26N2O2/c1-15-18(21-20(24-15)16-10-6-5-7-11-16)14-19(23)22(2)17-12-8-3-4-9-13-17/h5-7,10-11,17H,3-4,8-9,12-14H2,1-2H3. The van der Waals surface area contributed by atoms with Crippen molar-refractivity contribution in [3.63, 3.8) is 0 Å². The van der Waals surface area contributed by atoms with Gasteiger partial charge in [0.1, 0.15) is 5.76 Å². The van der Waals surface area contributed by atoms with E-state index in [-0.39, 0.29) is 5.91 Å². The molecule has 0 N–H and O–H groups in total. The number of aryl methyl sites for hydroxylation is 1. The molecule has 0 bridgehead atoms. The van der Waals surface area contributed by atoms with Gasteiger partial charge in [0.2, 0.25) is 11.8 Å². The lowest BCUT2D eigenvalue weighted by molar-refractivity contribution is -0.131. The fraction of sp³-hybridized carbons (Fsp3) is 0.500. The van der Waals surface area contributed by atoms with Gasteiger partial charge in [-0.2, -0.15) is 0 Å². The third-order valence-corrected chi connectivity index (χ3v) is 5.00. The Bertz CT molecular complexity index is 670. The Kier molecular flexibility index (Phi) is 5.34. The number of carbonyl (C=O) groups is 1. The van der Waals surface area contributed by atoms with E-state index >= 15 is 0 Å². The Morgan fingerprint density at radius 1 is 1.17 bits per heavy atom. The van der Waals surface area contributed by atoms with Crippen LogP contribution in [0.2, 0.25) is 0 Å². The molecule has 1 saturated carbocycles. The van der Waals surface area contributed by atoms with E-state index in [0.717, 1.165) is 29.9 Å². The van der Waals surface area contributed by atoms with Gasteiger partial charge in [-0.3, -0.25) is 4.79 Å². The van der Waals surface area contributed by atoms with E-state index in [9.17, 15) is 4.79 Å². The van der Waals surface area contributed by atoms with Crippen LogP contribution in [0.5, 0.6) is 0 Å². The van der Waals surface area contributed by atoms with Crippen LogP contribution in [0.1, 0.15) is 50.0 Å². The number of aromatic nitrogens is 1. The van der Waals surface area contributed by atoms with Crippen molar-refractivity contribution in [3.05, 3.63) is 41.8 Å². The second-order valence-electron chi connectivity index (χ2n) is 6.71. The fourth-order valence-corrected chi connectivity index (χ4v) is 3.41. The molecule has 128 valence electrons. The Morgan fingerprint density at radius 3 is 2.50 bits per heavy atom. The molecule has 0 radical (unpaired) electrons. The van der Waals surface area contributed by atoms with Crippen LogP contribution in [0, 0.1) is 6.92 Å². The molecule has 0 aliphatic heterocycles. The molecule has 4 nitrogen and oxygen atoms in total. The monoisotopic (exact) mass is 326 g/mol. The molecule has 1 aliphatic carbocycles. The van der Waals surface area contributed by atoms with Gasteiger partial charge in [0.25, 0.3) is 0 Å². The highest BCUT2D eigenvalue weighted by atomic mass is 16.4. The first-order valence-electron chi connectivity index (χ1n) is 8.92. The van der Waals surface area contributed by atoms with E-state index < -0.39 is 0 Å². The SMILES string of the molecule is Cc1oc(-c2ccccc2)nc1CC(=O)N(C)C1CCCCCC1. The number of hydrogen-bond donors (Lipinski definition) is 0. The highest BCUT2D eigenvalue weighted by molar-refractivity contribution is 5.78. The van der Waals surface area contributed by atoms with Crippen LogP contribution in [0.3, 0.4) is 0 Å². The normalized spacial score (nSPS) is 15.9. The lowest BCUT2D eigenvalue weighted by Crippen LogP contribution is -2.37. The topological polar surface area (TPSA) is 46.3 Å². The largest absolute Gasteiger partial charge is 0.441 e. The zero-order valence-corrected chi connectivity index (χ0v) is 14.6. The molecule has 24 heavy (non-hydrogen) atoms. The van der Waals surface area contributed by atoms with Crippen LogP contribution >= 0.6 is 0 Å². The lowest BCUT2D eigenvalue weighted by Gasteiger charge is -2.27. The molecule has 0 saturated heterocycles. The molecule has 1 heterocycles. The van der Waals surface area contributed by atoms with Crippen molar-refractivity contribution < 1.29 is 9.21 Å². The average molecular weight is 326 g/mol. The molecule has 1 aromatic carbocycles. The van der Waals surface area contributed by atoms with Gasteiger partial charge in [0.05, 0.1) is 12.1 Å². The Morgan fingerprint density at radius 2 is 1.83 bits per heavy atom. The summed E-state index contributed by atoms with van der Waals surface area (Å²) in [4.78, 5) is 19.2. The maximum Gasteiger partial charge on any atom is 0.228 e. The molecule has 0 atom stereocenters. The van der Waals surface area contributed by atoms with Crippen molar-refractivity contribution in [2.24, 2.45) is 0 Å². The van der Waals surface area contributed by atoms with Crippen LogP contribution < -0.4 is 0 Å². The minimum absolute atomic E-state index is 0.137. The van der Waals surface area contributed by atoms with E-state index in [4.69, 9.17) is 4.42 Å². The van der Waals surface area contributed by atoms with Gasteiger partial charge < -0.3 is 9.32 Å². The summed E-state index contributed by atoms with van der Waals surface area (Å²) in [7, 11) is 1.94. The van der Waals surface area contributed by atoms with Crippen molar-refractivity contribution >= 4 is 5.91 Å². The van der Waals surface area contributed by atoms with Crippen LogP contribution in [0.25, 0.3) is 11.5 Å². The molecule has 1 amide bonds. The van der Waals surface area contributed by atoms with Crippen LogP contribution in [0.15, 0.2) is 34.7 Å². The van der Waals surface area contributed by atoms with Crippen molar-refractivity contribution in [3.8, 4) is 11.5 Å². The van der Waals surface area contributed by atoms with Gasteiger partial charge >= 0.3 is 0 Å². The summed E-state index contributed by atoms with van der Waals surface area (Å²) in [5.74, 6) is 1.46. The zero-order chi connectivity index (χ0) is 16.9. The molecule has 0 spiro atoms. The summed E-state index contributed by atoms with van der Waals surface area (Å²) in [5, 5.41) is 0. The van der Waals surface area contributed by atoms with Crippen LogP contribution in [-0.2, 0) is 11.2 Å². The van der Waals surface area contributed by atoms with Gasteiger partial charge in [-0.15, -0.1) is 0 Å². The van der Waals surface area contributed by atoms with E-state index in [1.54, 1.807) is 0 Å². The molecular formula is C20H26N2O2. The van der Waals surface area contributed by atoms with E-state index in [1.807, 2.05) is 49.2 Å². The molecule has 4 heteroatoms. The van der Waals surface area contributed by atoms with Gasteiger partial charge in [0, 0.05) is 18.7 Å². The summed E-state index contributed by atoms with van der Waals surface area (Å²) < 4.78 is 5.76. The Labute approximate surface area is 143 Å². The highest BCUT2D eigenvalue weighted by Crippen LogP contribution is 2.24.